The molecule has 5 nitrogen and oxygen atoms in total. The Kier molecular flexibility index (Phi) is 4.36. The van der Waals surface area contributed by atoms with E-state index in [1.807, 2.05) is 4.90 Å². The van der Waals surface area contributed by atoms with Crippen molar-refractivity contribution >= 4 is 29.2 Å². The van der Waals surface area contributed by atoms with Crippen LogP contribution >= 0.6 is 12.4 Å². The summed E-state index contributed by atoms with van der Waals surface area (Å²) in [6.07, 6.45) is 2.61. The average Bonchev–Trinajstić information content (AvgIpc) is 2.96. The third-order valence-electron chi connectivity index (χ3n) is 5.10. The van der Waals surface area contributed by atoms with Crippen molar-refractivity contribution in [2.45, 2.75) is 24.9 Å². The van der Waals surface area contributed by atoms with E-state index in [0.717, 1.165) is 25.9 Å². The van der Waals surface area contributed by atoms with Gasteiger partial charge in [-0.2, -0.15) is 0 Å². The van der Waals surface area contributed by atoms with Gasteiger partial charge in [0.05, 0.1) is 18.8 Å². The zero-order valence-electron chi connectivity index (χ0n) is 13.0. The molecule has 23 heavy (non-hydrogen) atoms. The number of halogens is 1. The Labute approximate surface area is 141 Å². The fourth-order valence-corrected chi connectivity index (χ4v) is 3.91. The van der Waals surface area contributed by atoms with Crippen LogP contribution in [0.1, 0.15) is 24.1 Å². The minimum atomic E-state index is -0.266. The molecule has 0 aliphatic carbocycles. The van der Waals surface area contributed by atoms with Crippen molar-refractivity contribution in [3.05, 3.63) is 35.5 Å². The van der Waals surface area contributed by atoms with Gasteiger partial charge in [0.1, 0.15) is 5.60 Å². The summed E-state index contributed by atoms with van der Waals surface area (Å²) in [5.41, 5.74) is 9.00. The fourth-order valence-electron chi connectivity index (χ4n) is 3.91. The SMILES string of the molecule is Cl.NCC(=O)N1CCC2(CC1)OCCc1c2[nH]c2ccccc12. The molecule has 1 saturated heterocycles. The van der Waals surface area contributed by atoms with Crippen molar-refractivity contribution in [3.63, 3.8) is 0 Å². The highest BCUT2D eigenvalue weighted by molar-refractivity contribution is 5.86. The second-order valence-electron chi connectivity index (χ2n) is 6.20. The molecule has 0 saturated carbocycles. The molecular weight excluding hydrogens is 314 g/mol. The standard InChI is InChI=1S/C17H21N3O2.ClH/c18-11-15(21)20-8-6-17(7-9-20)16-13(5-10-22-17)12-3-1-2-4-14(12)19-16;/h1-4,19H,5-11,18H2;1H. The zero-order valence-corrected chi connectivity index (χ0v) is 13.8. The van der Waals surface area contributed by atoms with Crippen LogP contribution in [0.3, 0.4) is 0 Å². The number of para-hydroxylation sites is 1. The summed E-state index contributed by atoms with van der Waals surface area (Å²) >= 11 is 0. The molecule has 2 aliphatic heterocycles. The van der Waals surface area contributed by atoms with Gasteiger partial charge < -0.3 is 20.4 Å². The van der Waals surface area contributed by atoms with Gasteiger partial charge in [-0.25, -0.2) is 0 Å². The monoisotopic (exact) mass is 335 g/mol. The van der Waals surface area contributed by atoms with Gasteiger partial charge in [-0.3, -0.25) is 4.79 Å². The quantitative estimate of drug-likeness (QED) is 0.836. The van der Waals surface area contributed by atoms with Gasteiger partial charge in [-0.15, -0.1) is 12.4 Å². The van der Waals surface area contributed by atoms with Crippen LogP contribution in [0, 0.1) is 0 Å². The van der Waals surface area contributed by atoms with E-state index in [-0.39, 0.29) is 30.5 Å². The number of rotatable bonds is 1. The number of nitrogens with one attached hydrogen (secondary N) is 1. The number of benzene rings is 1. The van der Waals surface area contributed by atoms with Crippen LogP contribution in [0.4, 0.5) is 0 Å². The Morgan fingerprint density at radius 3 is 2.78 bits per heavy atom. The summed E-state index contributed by atoms with van der Waals surface area (Å²) in [5, 5.41) is 1.31. The first kappa shape index (κ1) is 16.3. The highest BCUT2D eigenvalue weighted by Crippen LogP contribution is 2.43. The Balaban J connectivity index is 0.00000156. The van der Waals surface area contributed by atoms with Crippen LogP contribution in [0.25, 0.3) is 10.9 Å². The molecule has 6 heteroatoms. The Morgan fingerprint density at radius 1 is 1.30 bits per heavy atom. The molecule has 2 aliphatic rings. The maximum absolute atomic E-state index is 11.8. The second-order valence-corrected chi connectivity index (χ2v) is 6.20. The van der Waals surface area contributed by atoms with E-state index >= 15 is 0 Å². The lowest BCUT2D eigenvalue weighted by Gasteiger charge is -2.43. The summed E-state index contributed by atoms with van der Waals surface area (Å²) in [6, 6.07) is 8.44. The molecule has 2 aromatic rings. The average molecular weight is 336 g/mol. The normalized spacial score (nSPS) is 19.4. The molecule has 1 spiro atoms. The van der Waals surface area contributed by atoms with Crippen LogP contribution in [0.5, 0.6) is 0 Å². The van der Waals surface area contributed by atoms with Crippen LogP contribution in [-0.4, -0.2) is 42.0 Å². The third-order valence-corrected chi connectivity index (χ3v) is 5.10. The lowest BCUT2D eigenvalue weighted by molar-refractivity contribution is -0.139. The van der Waals surface area contributed by atoms with E-state index in [4.69, 9.17) is 10.5 Å². The molecule has 0 bridgehead atoms. The molecule has 1 aromatic carbocycles. The van der Waals surface area contributed by atoms with Gasteiger partial charge in [0.25, 0.3) is 0 Å². The first-order valence-corrected chi connectivity index (χ1v) is 7.95. The van der Waals surface area contributed by atoms with Gasteiger partial charge in [0.2, 0.25) is 5.91 Å². The molecule has 124 valence electrons. The maximum Gasteiger partial charge on any atom is 0.236 e. The minimum Gasteiger partial charge on any atom is -0.368 e. The van der Waals surface area contributed by atoms with Crippen LogP contribution in [-0.2, 0) is 21.6 Å². The largest absolute Gasteiger partial charge is 0.368 e. The smallest absolute Gasteiger partial charge is 0.236 e. The van der Waals surface area contributed by atoms with Crippen LogP contribution in [0.15, 0.2) is 24.3 Å². The first-order valence-electron chi connectivity index (χ1n) is 7.95. The van der Waals surface area contributed by atoms with Gasteiger partial charge >= 0.3 is 0 Å². The number of likely N-dealkylation sites (tertiary alicyclic amines) is 1. The van der Waals surface area contributed by atoms with Crippen molar-refractivity contribution in [2.75, 3.05) is 26.2 Å². The second kappa shape index (κ2) is 6.15. The number of piperidine rings is 1. The van der Waals surface area contributed by atoms with E-state index in [0.29, 0.717) is 13.1 Å². The van der Waals surface area contributed by atoms with E-state index in [2.05, 4.69) is 29.2 Å². The van der Waals surface area contributed by atoms with Crippen molar-refractivity contribution in [3.8, 4) is 0 Å². The van der Waals surface area contributed by atoms with E-state index in [1.54, 1.807) is 0 Å². The van der Waals surface area contributed by atoms with Crippen LogP contribution in [0.2, 0.25) is 0 Å². The molecule has 0 radical (unpaired) electrons. The molecule has 0 unspecified atom stereocenters. The molecule has 3 N–H and O–H groups in total. The molecule has 1 amide bonds. The lowest BCUT2D eigenvalue weighted by atomic mass is 9.83. The van der Waals surface area contributed by atoms with Gasteiger partial charge in [0, 0.05) is 24.0 Å². The Morgan fingerprint density at radius 2 is 2.04 bits per heavy atom. The number of hydrogen-bond donors (Lipinski definition) is 2. The van der Waals surface area contributed by atoms with Gasteiger partial charge in [0.15, 0.2) is 0 Å². The first-order chi connectivity index (χ1) is 10.7. The van der Waals surface area contributed by atoms with Crippen molar-refractivity contribution < 1.29 is 9.53 Å². The number of hydrogen-bond acceptors (Lipinski definition) is 3. The summed E-state index contributed by atoms with van der Waals surface area (Å²) in [7, 11) is 0. The Bertz CT molecular complexity index is 720. The topological polar surface area (TPSA) is 71.3 Å². The molecule has 3 heterocycles. The van der Waals surface area contributed by atoms with E-state index < -0.39 is 0 Å². The van der Waals surface area contributed by atoms with Gasteiger partial charge in [-0.05, 0) is 30.9 Å². The molecule has 0 atom stereocenters. The minimum absolute atomic E-state index is 0. The molecule has 4 rings (SSSR count). The number of amides is 1. The van der Waals surface area contributed by atoms with E-state index in [9.17, 15) is 4.79 Å². The number of nitrogens with zero attached hydrogens (tertiary/aromatic N) is 1. The number of nitrogens with two attached hydrogens (primary N) is 1. The highest BCUT2D eigenvalue weighted by atomic mass is 35.5. The van der Waals surface area contributed by atoms with Crippen molar-refractivity contribution in [1.82, 2.24) is 9.88 Å². The molecular formula is C17H22ClN3O2. The van der Waals surface area contributed by atoms with E-state index in [1.165, 1.54) is 22.2 Å². The number of aromatic amines is 1. The number of carbonyl (C=O) groups excluding carboxylic acids is 1. The maximum atomic E-state index is 11.8. The zero-order chi connectivity index (χ0) is 15.2. The molecule has 1 aromatic heterocycles. The predicted octanol–water partition coefficient (Wildman–Crippen LogP) is 1.94. The Hall–Kier alpha value is -1.56. The number of carbonyl (C=O) groups is 1. The summed E-state index contributed by atoms with van der Waals surface area (Å²) in [4.78, 5) is 17.2. The highest BCUT2D eigenvalue weighted by Gasteiger charge is 2.43. The summed E-state index contributed by atoms with van der Waals surface area (Å²) in [5.74, 6) is 0.0301. The van der Waals surface area contributed by atoms with Crippen molar-refractivity contribution in [2.24, 2.45) is 5.73 Å². The summed E-state index contributed by atoms with van der Waals surface area (Å²) in [6.45, 7) is 2.26. The number of H-pyrrole nitrogens is 1. The number of fused-ring (bicyclic) bond motifs is 4. The predicted molar refractivity (Wildman–Crippen MR) is 91.7 cm³/mol. The van der Waals surface area contributed by atoms with Crippen LogP contribution < -0.4 is 5.73 Å². The number of ether oxygens (including phenoxy) is 1. The number of aromatic nitrogens is 1. The third kappa shape index (κ3) is 2.53. The van der Waals surface area contributed by atoms with Gasteiger partial charge in [-0.1, -0.05) is 18.2 Å². The fraction of sp³-hybridized carbons (Fsp3) is 0.471. The lowest BCUT2D eigenvalue weighted by Crippen LogP contribution is -2.49. The summed E-state index contributed by atoms with van der Waals surface area (Å²) < 4.78 is 6.22. The molecule has 1 fully saturated rings. The van der Waals surface area contributed by atoms with Crippen molar-refractivity contribution in [1.29, 1.82) is 0 Å².